The number of nitrogens with one attached hydrogen (secondary N) is 1. The van der Waals surface area contributed by atoms with Crippen LogP contribution < -0.4 is 4.74 Å². The summed E-state index contributed by atoms with van der Waals surface area (Å²) in [5.74, 6) is -4.37. The standard InChI is InChI=1S/C38H69NO13.C16H14F3N3O2S/c1-15-26-38(10,45)31(42)21(4)28(40)19(2)17-37(9,47-14)33(52-35-29(41)25(39(11)12)16-20(3)48-35)22(5)30(23(6)34(44)50-26)51-27-18-36(8,46-13)32(43)24(7)49-27;1-10-13(20-7-6-14(10)24-9-16(17,18)19)8-25(23)15-21-11-4-2-3-5-12(11)22-15/h19-27,29-33,35,41-43,45H,15-18H2,1-14H3;2-7H,8-9H2,1H3,(H,21,22)/t19-,20-,21+,22?,23-,24+,25+,26-,27+,29-,30+,31-,32+,33-,35+,36-,37-,38-;/m1./s1. The highest BCUT2D eigenvalue weighted by atomic mass is 32.2. The second-order valence-corrected chi connectivity index (χ2v) is 23.3. The Morgan fingerprint density at radius 3 is 2.17 bits per heavy atom. The lowest BCUT2D eigenvalue weighted by Crippen LogP contribution is -2.61. The van der Waals surface area contributed by atoms with Gasteiger partial charge in [-0.15, -0.1) is 0 Å². The second kappa shape index (κ2) is 26.4. The van der Waals surface area contributed by atoms with E-state index in [1.54, 1.807) is 61.5 Å². The Kier molecular flexibility index (Phi) is 22.0. The first-order valence-electron chi connectivity index (χ1n) is 26.2. The molecule has 2 unspecified atom stereocenters. The Hall–Kier alpha value is -3.56. The molecule has 3 fully saturated rings. The number of aliphatic hydroxyl groups is 4. The number of aliphatic hydroxyl groups excluding tert-OH is 3. The summed E-state index contributed by atoms with van der Waals surface area (Å²) in [6.45, 7) is 17.3. The van der Waals surface area contributed by atoms with E-state index in [4.69, 9.17) is 37.9 Å². The van der Waals surface area contributed by atoms with Gasteiger partial charge in [0.15, 0.2) is 24.9 Å². The molecule has 0 bridgehead atoms. The van der Waals surface area contributed by atoms with Crippen LogP contribution in [0.2, 0.25) is 0 Å². The molecular weight excluding hydrogens is 1030 g/mol. The number of methoxy groups -OCH3 is 2. The fourth-order valence-corrected chi connectivity index (χ4v) is 11.9. The minimum absolute atomic E-state index is 0.0227. The van der Waals surface area contributed by atoms with Crippen LogP contribution in [-0.2, 0) is 59.7 Å². The number of fused-ring (bicyclic) bond motifs is 1. The number of H-pyrrole nitrogens is 1. The van der Waals surface area contributed by atoms with Crippen molar-refractivity contribution in [2.24, 2.45) is 23.7 Å². The number of aromatic amines is 1. The lowest BCUT2D eigenvalue weighted by molar-refractivity contribution is -0.319. The highest BCUT2D eigenvalue weighted by Gasteiger charge is 2.54. The smallest absolute Gasteiger partial charge is 0.422 e. The summed E-state index contributed by atoms with van der Waals surface area (Å²) in [7, 11) is 6.77. The topological polar surface area (TPSA) is 257 Å². The SMILES string of the molecule is CC[C@H]1OC(=O)[C@H](C)[C@@H](O[C@H]2C[C@@](C)(OC)[C@@H](O)[C@H](C)O2)C(C)[C@@H](O[C@@H]2O[C@H](C)C[C@H](N(C)C)[C@H]2O)[C@](C)(OC)C[C@@H](C)C(=O)[C@H](C)[C@@H](O)[C@]1(C)O.Cc1c(OCC(F)(F)F)ccnc1C[S+]([O-])c1nc2ccccc2[nH]1. The van der Waals surface area contributed by atoms with Gasteiger partial charge in [-0.2, -0.15) is 18.2 Å². The predicted octanol–water partition coefficient (Wildman–Crippen LogP) is 5.95. The third kappa shape index (κ3) is 15.3. The van der Waals surface area contributed by atoms with Crippen molar-refractivity contribution < 1.29 is 85.6 Å². The molecule has 0 aliphatic carbocycles. The van der Waals surface area contributed by atoms with Gasteiger partial charge in [0.25, 0.3) is 0 Å². The molecule has 0 radical (unpaired) electrons. The maximum Gasteiger partial charge on any atom is 0.422 e. The van der Waals surface area contributed by atoms with Gasteiger partial charge in [0, 0.05) is 67.4 Å². The molecule has 3 aliphatic heterocycles. The first kappa shape index (κ1) is 64.3. The number of para-hydroxylation sites is 2. The number of aromatic nitrogens is 3. The van der Waals surface area contributed by atoms with Crippen molar-refractivity contribution in [2.45, 2.75) is 203 Å². The van der Waals surface area contributed by atoms with Crippen molar-refractivity contribution in [2.75, 3.05) is 34.9 Å². The number of carbonyl (C=O) groups is 2. The number of halogens is 3. The largest absolute Gasteiger partial charge is 0.609 e. The maximum atomic E-state index is 14.2. The number of alkyl halides is 3. The van der Waals surface area contributed by atoms with Crippen LogP contribution in [0, 0.1) is 30.6 Å². The zero-order valence-electron chi connectivity index (χ0n) is 47.0. The molecule has 5 N–H and O–H groups in total. The number of rotatable bonds is 13. The van der Waals surface area contributed by atoms with E-state index in [1.165, 1.54) is 33.4 Å². The average molecular weight is 1120 g/mol. The van der Waals surface area contributed by atoms with Crippen molar-refractivity contribution in [3.8, 4) is 5.75 Å². The Balaban J connectivity index is 0.000000362. The molecule has 5 heterocycles. The first-order chi connectivity index (χ1) is 35.8. The summed E-state index contributed by atoms with van der Waals surface area (Å²) >= 11 is -1.51. The average Bonchev–Trinajstić information content (AvgIpc) is 3.83. The van der Waals surface area contributed by atoms with E-state index in [-0.39, 0.29) is 48.7 Å². The number of pyridine rings is 1. The first-order valence-corrected chi connectivity index (χ1v) is 27.5. The van der Waals surface area contributed by atoms with Crippen LogP contribution >= 0.6 is 0 Å². The highest BCUT2D eigenvalue weighted by molar-refractivity contribution is 7.90. The second-order valence-electron chi connectivity index (χ2n) is 22.0. The molecule has 3 aliphatic rings. The minimum Gasteiger partial charge on any atom is -0.609 e. The van der Waals surface area contributed by atoms with Crippen molar-refractivity contribution >= 4 is 34.0 Å². The van der Waals surface area contributed by atoms with Crippen LogP contribution in [0.4, 0.5) is 13.2 Å². The number of benzene rings is 1. The molecule has 0 spiro atoms. The van der Waals surface area contributed by atoms with Crippen LogP contribution in [0.3, 0.4) is 0 Å². The van der Waals surface area contributed by atoms with Gasteiger partial charge in [-0.05, 0) is 100 Å². The van der Waals surface area contributed by atoms with Gasteiger partial charge in [-0.3, -0.25) is 19.6 Å². The molecule has 3 saturated heterocycles. The summed E-state index contributed by atoms with van der Waals surface area (Å²) in [6, 6.07) is 8.34. The third-order valence-corrected chi connectivity index (χ3v) is 16.9. The predicted molar refractivity (Wildman–Crippen MR) is 278 cm³/mol. The molecule has 2 aromatic heterocycles. The number of nitrogens with zero attached hydrogens (tertiary/aromatic N) is 3. The van der Waals surface area contributed by atoms with Crippen LogP contribution in [0.1, 0.15) is 106 Å². The Labute approximate surface area is 453 Å². The van der Waals surface area contributed by atoms with E-state index in [2.05, 4.69) is 15.0 Å². The van der Waals surface area contributed by atoms with E-state index in [1.807, 2.05) is 51.0 Å². The lowest BCUT2D eigenvalue weighted by atomic mass is 9.74. The summed E-state index contributed by atoms with van der Waals surface area (Å²) < 4.78 is 98.1. The van der Waals surface area contributed by atoms with Crippen molar-refractivity contribution in [1.82, 2.24) is 19.9 Å². The van der Waals surface area contributed by atoms with Crippen molar-refractivity contribution in [3.05, 3.63) is 47.8 Å². The number of likely N-dealkylation sites (N-methyl/N-ethyl adjacent to an activating group) is 1. The molecular formula is C54H83F3N4O15S. The Morgan fingerprint density at radius 2 is 1.57 bits per heavy atom. The molecule has 1 aromatic carbocycles. The number of carbonyl (C=O) groups excluding carboxylic acids is 2. The van der Waals surface area contributed by atoms with Gasteiger partial charge in [0.1, 0.15) is 35.4 Å². The number of hydrogen-bond acceptors (Lipinski definition) is 18. The van der Waals surface area contributed by atoms with E-state index in [0.29, 0.717) is 28.4 Å². The number of imidazole rings is 1. The maximum absolute atomic E-state index is 14.2. The Bertz CT molecular complexity index is 2370. The number of Topliss-reactive ketones (excluding diaryl/α,β-unsaturated/α-hetero) is 1. The fourth-order valence-electron chi connectivity index (χ4n) is 10.8. The lowest BCUT2D eigenvalue weighted by Gasteiger charge is -2.50. The van der Waals surface area contributed by atoms with Gasteiger partial charge in [-0.1, -0.05) is 39.8 Å². The molecule has 19 nitrogen and oxygen atoms in total. The number of ether oxygens (including phenoxy) is 8. The van der Waals surface area contributed by atoms with Gasteiger partial charge >= 0.3 is 17.3 Å². The number of cyclic esters (lactones) is 1. The number of hydrogen-bond donors (Lipinski definition) is 5. The van der Waals surface area contributed by atoms with Gasteiger partial charge in [-0.25, -0.2) is 0 Å². The van der Waals surface area contributed by atoms with Gasteiger partial charge in [0.05, 0.1) is 64.4 Å². The summed E-state index contributed by atoms with van der Waals surface area (Å²) in [6.07, 6.45) is -11.8. The molecule has 23 heteroatoms. The fraction of sp³-hybridized carbons (Fsp3) is 0.741. The zero-order chi connectivity index (χ0) is 57.7. The third-order valence-electron chi connectivity index (χ3n) is 15.8. The quantitative estimate of drug-likeness (QED) is 0.0978. The molecule has 3 aromatic rings. The molecule has 0 saturated carbocycles. The van der Waals surface area contributed by atoms with Crippen LogP contribution in [0.25, 0.3) is 11.0 Å². The molecule has 6 rings (SSSR count). The monoisotopic (exact) mass is 1120 g/mol. The highest BCUT2D eigenvalue weighted by Crippen LogP contribution is 2.42. The van der Waals surface area contributed by atoms with E-state index in [0.717, 1.165) is 5.52 Å². The van der Waals surface area contributed by atoms with Gasteiger partial charge < -0.3 is 67.8 Å². The van der Waals surface area contributed by atoms with Crippen LogP contribution in [0.5, 0.6) is 5.75 Å². The number of ketones is 1. The van der Waals surface area contributed by atoms with Crippen molar-refractivity contribution in [3.63, 3.8) is 0 Å². The van der Waals surface area contributed by atoms with Crippen LogP contribution in [-0.4, -0.2) is 182 Å². The molecule has 0 amide bonds. The number of esters is 1. The molecule has 77 heavy (non-hydrogen) atoms. The van der Waals surface area contributed by atoms with E-state index in [9.17, 15) is 47.7 Å². The molecule has 436 valence electrons. The molecule has 19 atom stereocenters. The Morgan fingerprint density at radius 1 is 0.922 bits per heavy atom. The van der Waals surface area contributed by atoms with Crippen LogP contribution in [0.15, 0.2) is 41.7 Å². The summed E-state index contributed by atoms with van der Waals surface area (Å²) in [5, 5.41) is 45.9. The normalized spacial score (nSPS) is 37.4. The summed E-state index contributed by atoms with van der Waals surface area (Å²) in [4.78, 5) is 41.4. The zero-order valence-corrected chi connectivity index (χ0v) is 47.8. The summed E-state index contributed by atoms with van der Waals surface area (Å²) in [5.41, 5.74) is -1.96. The van der Waals surface area contributed by atoms with E-state index >= 15 is 0 Å². The van der Waals surface area contributed by atoms with Gasteiger partial charge in [0.2, 0.25) is 0 Å². The van der Waals surface area contributed by atoms with Crippen molar-refractivity contribution in [1.29, 1.82) is 0 Å². The minimum atomic E-state index is -4.42. The van der Waals surface area contributed by atoms with E-state index < -0.39 is 126 Å².